The highest BCUT2D eigenvalue weighted by Gasteiger charge is 2.30. The van der Waals surface area contributed by atoms with E-state index in [-0.39, 0.29) is 23.7 Å². The van der Waals surface area contributed by atoms with Gasteiger partial charge in [0.2, 0.25) is 5.91 Å². The lowest BCUT2D eigenvalue weighted by Gasteiger charge is -2.16. The average molecular weight is 338 g/mol. The minimum atomic E-state index is -0.227. The van der Waals surface area contributed by atoms with Crippen LogP contribution in [0.15, 0.2) is 42.6 Å². The van der Waals surface area contributed by atoms with E-state index in [9.17, 15) is 9.59 Å². The van der Waals surface area contributed by atoms with E-state index in [4.69, 9.17) is 0 Å². The fourth-order valence-electron chi connectivity index (χ4n) is 2.88. The van der Waals surface area contributed by atoms with Crippen LogP contribution in [0.25, 0.3) is 0 Å². The number of nitrogens with zero attached hydrogens (tertiary/aromatic N) is 3. The van der Waals surface area contributed by atoms with Crippen LogP contribution in [0.4, 0.5) is 5.69 Å². The molecule has 0 aliphatic carbocycles. The van der Waals surface area contributed by atoms with Crippen LogP contribution < -0.4 is 10.2 Å². The Balaban J connectivity index is 1.58. The molecule has 130 valence electrons. The molecule has 6 nitrogen and oxygen atoms in total. The normalized spacial score (nSPS) is 17.2. The minimum Gasteiger partial charge on any atom is -0.350 e. The zero-order valence-electron chi connectivity index (χ0n) is 14.5. The van der Waals surface area contributed by atoms with E-state index in [2.05, 4.69) is 15.3 Å². The van der Waals surface area contributed by atoms with Crippen LogP contribution >= 0.6 is 0 Å². The number of para-hydroxylation sites is 1. The van der Waals surface area contributed by atoms with Gasteiger partial charge in [-0.1, -0.05) is 32.0 Å². The second-order valence-electron chi connectivity index (χ2n) is 6.57. The quantitative estimate of drug-likeness (QED) is 0.908. The van der Waals surface area contributed by atoms with Gasteiger partial charge in [-0.3, -0.25) is 9.59 Å². The van der Waals surface area contributed by atoms with Crippen LogP contribution in [0.5, 0.6) is 0 Å². The van der Waals surface area contributed by atoms with E-state index in [0.29, 0.717) is 31.0 Å². The van der Waals surface area contributed by atoms with E-state index in [1.165, 1.54) is 0 Å². The molecule has 2 amide bonds. The number of carbonyl (C=O) groups is 2. The summed E-state index contributed by atoms with van der Waals surface area (Å²) in [5.41, 5.74) is 1.27. The largest absolute Gasteiger partial charge is 0.350 e. The molecular weight excluding hydrogens is 316 g/mol. The van der Waals surface area contributed by atoms with Crippen molar-refractivity contribution in [1.29, 1.82) is 0 Å². The smallest absolute Gasteiger partial charge is 0.270 e. The van der Waals surface area contributed by atoms with Crippen molar-refractivity contribution in [1.82, 2.24) is 15.3 Å². The van der Waals surface area contributed by atoms with E-state index < -0.39 is 0 Å². The maximum Gasteiger partial charge on any atom is 0.270 e. The molecule has 1 N–H and O–H groups in total. The van der Waals surface area contributed by atoms with Gasteiger partial charge in [-0.05, 0) is 18.2 Å². The van der Waals surface area contributed by atoms with E-state index in [0.717, 1.165) is 5.69 Å². The fraction of sp³-hybridized carbons (Fsp3) is 0.368. The Bertz CT molecular complexity index is 761. The highest BCUT2D eigenvalue weighted by atomic mass is 16.2. The third-order valence-corrected chi connectivity index (χ3v) is 4.25. The summed E-state index contributed by atoms with van der Waals surface area (Å²) >= 11 is 0. The average Bonchev–Trinajstić information content (AvgIpc) is 3.01. The van der Waals surface area contributed by atoms with E-state index >= 15 is 0 Å². The van der Waals surface area contributed by atoms with Crippen LogP contribution in [-0.4, -0.2) is 34.9 Å². The molecule has 0 spiro atoms. The molecule has 1 aromatic carbocycles. The number of aromatic nitrogens is 2. The zero-order valence-corrected chi connectivity index (χ0v) is 14.5. The molecule has 6 heteroatoms. The van der Waals surface area contributed by atoms with Gasteiger partial charge in [0.05, 0.1) is 0 Å². The Labute approximate surface area is 147 Å². The molecule has 0 unspecified atom stereocenters. The summed E-state index contributed by atoms with van der Waals surface area (Å²) in [5.74, 6) is 0.783. The van der Waals surface area contributed by atoms with Gasteiger partial charge in [0.1, 0.15) is 11.5 Å². The van der Waals surface area contributed by atoms with E-state index in [1.807, 2.05) is 44.2 Å². The van der Waals surface area contributed by atoms with Crippen molar-refractivity contribution in [3.8, 4) is 0 Å². The van der Waals surface area contributed by atoms with Gasteiger partial charge in [-0.25, -0.2) is 9.97 Å². The van der Waals surface area contributed by atoms with Crippen molar-refractivity contribution in [3.05, 3.63) is 54.1 Å². The second-order valence-corrected chi connectivity index (χ2v) is 6.57. The molecule has 1 aliphatic heterocycles. The second kappa shape index (κ2) is 7.42. The fourth-order valence-corrected chi connectivity index (χ4v) is 2.88. The van der Waals surface area contributed by atoms with Crippen molar-refractivity contribution < 1.29 is 9.59 Å². The van der Waals surface area contributed by atoms with Gasteiger partial charge in [0, 0.05) is 43.2 Å². The molecule has 0 saturated carbocycles. The van der Waals surface area contributed by atoms with Crippen molar-refractivity contribution in [2.24, 2.45) is 5.92 Å². The zero-order chi connectivity index (χ0) is 17.8. The van der Waals surface area contributed by atoms with Crippen molar-refractivity contribution in [2.75, 3.05) is 18.0 Å². The van der Waals surface area contributed by atoms with Crippen molar-refractivity contribution in [3.63, 3.8) is 0 Å². The van der Waals surface area contributed by atoms with Gasteiger partial charge in [0.15, 0.2) is 0 Å². The van der Waals surface area contributed by atoms with Gasteiger partial charge in [0.25, 0.3) is 5.91 Å². The number of hydrogen-bond acceptors (Lipinski definition) is 4. The monoisotopic (exact) mass is 338 g/mol. The van der Waals surface area contributed by atoms with Gasteiger partial charge in [-0.2, -0.15) is 0 Å². The van der Waals surface area contributed by atoms with Crippen LogP contribution in [0, 0.1) is 5.92 Å². The van der Waals surface area contributed by atoms with Crippen LogP contribution in [0.3, 0.4) is 0 Å². The number of amides is 2. The number of rotatable bonds is 5. The van der Waals surface area contributed by atoms with Crippen LogP contribution in [-0.2, 0) is 4.79 Å². The molecule has 0 radical (unpaired) electrons. The summed E-state index contributed by atoms with van der Waals surface area (Å²) < 4.78 is 0. The predicted molar refractivity (Wildman–Crippen MR) is 95.4 cm³/mol. The van der Waals surface area contributed by atoms with Gasteiger partial charge >= 0.3 is 0 Å². The molecule has 1 fully saturated rings. The summed E-state index contributed by atoms with van der Waals surface area (Å²) in [6, 6.07) is 11.2. The molecular formula is C19H22N4O2. The van der Waals surface area contributed by atoms with Crippen molar-refractivity contribution >= 4 is 17.5 Å². The predicted octanol–water partition coefficient (Wildman–Crippen LogP) is 2.38. The molecule has 0 bridgehead atoms. The highest BCUT2D eigenvalue weighted by Crippen LogP contribution is 2.24. The number of benzene rings is 1. The Hall–Kier alpha value is -2.76. The summed E-state index contributed by atoms with van der Waals surface area (Å²) in [7, 11) is 0. The molecule has 1 aliphatic rings. The molecule has 3 rings (SSSR count). The maximum absolute atomic E-state index is 12.3. The Morgan fingerprint density at radius 2 is 2.04 bits per heavy atom. The van der Waals surface area contributed by atoms with Gasteiger partial charge < -0.3 is 10.2 Å². The van der Waals surface area contributed by atoms with Crippen LogP contribution in [0.1, 0.15) is 42.5 Å². The first-order chi connectivity index (χ1) is 12.0. The Kier molecular flexibility index (Phi) is 5.07. The lowest BCUT2D eigenvalue weighted by molar-refractivity contribution is -0.117. The minimum absolute atomic E-state index is 0.0922. The SMILES string of the molecule is CC(C)c1nccc(C(=O)NC[C@@H]2CC(=O)N(c3ccccc3)C2)n1. The number of anilines is 1. The first kappa shape index (κ1) is 17.1. The van der Waals surface area contributed by atoms with Crippen molar-refractivity contribution in [2.45, 2.75) is 26.2 Å². The first-order valence-corrected chi connectivity index (χ1v) is 8.51. The summed E-state index contributed by atoms with van der Waals surface area (Å²) in [4.78, 5) is 34.8. The Morgan fingerprint density at radius 3 is 2.76 bits per heavy atom. The molecule has 2 aromatic rings. The molecule has 1 aromatic heterocycles. The molecule has 25 heavy (non-hydrogen) atoms. The number of hydrogen-bond donors (Lipinski definition) is 1. The molecule has 2 heterocycles. The van der Waals surface area contributed by atoms with E-state index in [1.54, 1.807) is 17.2 Å². The molecule has 1 saturated heterocycles. The standard InChI is InChI=1S/C19H22N4O2/c1-13(2)18-20-9-8-16(22-18)19(25)21-11-14-10-17(24)23(12-14)15-6-4-3-5-7-15/h3-9,13-14H,10-12H2,1-2H3,(H,21,25)/t14-/m0/s1. The summed E-state index contributed by atoms with van der Waals surface area (Å²) in [6.07, 6.45) is 2.05. The first-order valence-electron chi connectivity index (χ1n) is 8.51. The summed E-state index contributed by atoms with van der Waals surface area (Å²) in [5, 5.41) is 2.89. The summed E-state index contributed by atoms with van der Waals surface area (Å²) in [6.45, 7) is 5.04. The third kappa shape index (κ3) is 4.02. The van der Waals surface area contributed by atoms with Crippen LogP contribution in [0.2, 0.25) is 0 Å². The topological polar surface area (TPSA) is 75.2 Å². The van der Waals surface area contributed by atoms with Gasteiger partial charge in [-0.15, -0.1) is 0 Å². The lowest BCUT2D eigenvalue weighted by atomic mass is 10.1. The third-order valence-electron chi connectivity index (χ3n) is 4.25. The number of nitrogens with one attached hydrogen (secondary N) is 1. The number of carbonyl (C=O) groups excluding carboxylic acids is 2. The molecule has 1 atom stereocenters. The maximum atomic E-state index is 12.3. The lowest BCUT2D eigenvalue weighted by Crippen LogP contribution is -2.32. The Morgan fingerprint density at radius 1 is 1.28 bits per heavy atom. The highest BCUT2D eigenvalue weighted by molar-refractivity contribution is 5.96.